The summed E-state index contributed by atoms with van der Waals surface area (Å²) in [5.41, 5.74) is 6.44. The van der Waals surface area contributed by atoms with E-state index >= 15 is 0 Å². The zero-order valence-corrected chi connectivity index (χ0v) is 8.83. The van der Waals surface area contributed by atoms with E-state index in [1.54, 1.807) is 18.3 Å². The minimum atomic E-state index is -0.867. The van der Waals surface area contributed by atoms with Crippen molar-refractivity contribution in [3.63, 3.8) is 0 Å². The zero-order chi connectivity index (χ0) is 11.5. The fourth-order valence-electron chi connectivity index (χ4n) is 1.78. The normalized spacial score (nSPS) is 16.2. The van der Waals surface area contributed by atoms with Crippen LogP contribution in [0.25, 0.3) is 0 Å². The zero-order valence-electron chi connectivity index (χ0n) is 8.83. The Labute approximate surface area is 93.3 Å². The molecule has 16 heavy (non-hydrogen) atoms. The van der Waals surface area contributed by atoms with E-state index in [0.29, 0.717) is 31.9 Å². The van der Waals surface area contributed by atoms with Gasteiger partial charge in [0.1, 0.15) is 0 Å². The van der Waals surface area contributed by atoms with Crippen LogP contribution in [-0.2, 0) is 0 Å². The summed E-state index contributed by atoms with van der Waals surface area (Å²) in [5, 5.41) is 8.82. The predicted molar refractivity (Wildman–Crippen MR) is 60.5 cm³/mol. The Balaban J connectivity index is 2.05. The number of carboxylic acid groups (broad SMARTS) is 1. The number of pyridine rings is 1. The molecule has 0 spiro atoms. The second-order valence-corrected chi connectivity index (χ2v) is 3.67. The lowest BCUT2D eigenvalue weighted by Gasteiger charge is -2.34. The van der Waals surface area contributed by atoms with E-state index in [4.69, 9.17) is 10.8 Å². The van der Waals surface area contributed by atoms with Gasteiger partial charge in [-0.25, -0.2) is 9.78 Å². The van der Waals surface area contributed by atoms with Gasteiger partial charge in [0.2, 0.25) is 0 Å². The van der Waals surface area contributed by atoms with Crippen LogP contribution >= 0.6 is 0 Å². The average Bonchev–Trinajstić information content (AvgIpc) is 2.30. The van der Waals surface area contributed by atoms with Crippen molar-refractivity contribution in [3.05, 3.63) is 18.3 Å². The summed E-state index contributed by atoms with van der Waals surface area (Å²) in [5.74, 6) is 0.743. The lowest BCUT2D eigenvalue weighted by Crippen LogP contribution is -2.48. The van der Waals surface area contributed by atoms with Gasteiger partial charge >= 0.3 is 6.09 Å². The van der Waals surface area contributed by atoms with Gasteiger partial charge in [-0.1, -0.05) is 0 Å². The number of aromatic nitrogens is 1. The van der Waals surface area contributed by atoms with E-state index < -0.39 is 6.09 Å². The minimum Gasteiger partial charge on any atom is -0.465 e. The first-order valence-electron chi connectivity index (χ1n) is 5.12. The highest BCUT2D eigenvalue weighted by Gasteiger charge is 2.21. The maximum absolute atomic E-state index is 10.7. The molecule has 1 aliphatic rings. The van der Waals surface area contributed by atoms with Gasteiger partial charge in [-0.15, -0.1) is 0 Å². The van der Waals surface area contributed by atoms with Crippen LogP contribution in [0.15, 0.2) is 18.3 Å². The number of amides is 1. The Morgan fingerprint density at radius 2 is 2.06 bits per heavy atom. The van der Waals surface area contributed by atoms with Crippen LogP contribution < -0.4 is 10.6 Å². The standard InChI is InChI=1S/C10H14N4O2/c11-8-2-1-3-12-9(8)13-4-6-14(7-5-13)10(15)16/h1-3H,4-7,11H2,(H,15,16). The molecule has 86 valence electrons. The summed E-state index contributed by atoms with van der Waals surface area (Å²) in [6, 6.07) is 3.58. The average molecular weight is 222 g/mol. The Kier molecular flexibility index (Phi) is 2.80. The highest BCUT2D eigenvalue weighted by atomic mass is 16.4. The summed E-state index contributed by atoms with van der Waals surface area (Å²) in [6.07, 6.45) is 0.823. The maximum Gasteiger partial charge on any atom is 0.407 e. The third-order valence-electron chi connectivity index (χ3n) is 2.67. The lowest BCUT2D eigenvalue weighted by molar-refractivity contribution is 0.142. The fraction of sp³-hybridized carbons (Fsp3) is 0.400. The lowest BCUT2D eigenvalue weighted by atomic mass is 10.3. The molecule has 0 saturated carbocycles. The van der Waals surface area contributed by atoms with E-state index in [0.717, 1.165) is 5.82 Å². The molecule has 1 aliphatic heterocycles. The van der Waals surface area contributed by atoms with Gasteiger partial charge in [0.05, 0.1) is 5.69 Å². The molecule has 6 heteroatoms. The molecule has 0 aliphatic carbocycles. The predicted octanol–water partition coefficient (Wildman–Crippen LogP) is 0.464. The Morgan fingerprint density at radius 3 is 2.62 bits per heavy atom. The Morgan fingerprint density at radius 1 is 1.38 bits per heavy atom. The summed E-state index contributed by atoms with van der Waals surface area (Å²) in [7, 11) is 0. The Bertz CT molecular complexity index is 388. The highest BCUT2D eigenvalue weighted by molar-refractivity contribution is 5.66. The van der Waals surface area contributed by atoms with Crippen molar-refractivity contribution in [2.45, 2.75) is 0 Å². The van der Waals surface area contributed by atoms with Gasteiger partial charge in [-0.2, -0.15) is 0 Å². The number of nitrogens with two attached hydrogens (primary N) is 1. The van der Waals surface area contributed by atoms with Crippen LogP contribution in [-0.4, -0.2) is 47.3 Å². The van der Waals surface area contributed by atoms with E-state index in [1.165, 1.54) is 4.90 Å². The van der Waals surface area contributed by atoms with E-state index in [1.807, 2.05) is 4.90 Å². The van der Waals surface area contributed by atoms with Crippen molar-refractivity contribution in [2.24, 2.45) is 0 Å². The SMILES string of the molecule is Nc1cccnc1N1CCN(C(=O)O)CC1. The van der Waals surface area contributed by atoms with Crippen LogP contribution in [0.5, 0.6) is 0 Å². The summed E-state index contributed by atoms with van der Waals surface area (Å²) in [4.78, 5) is 18.3. The van der Waals surface area contributed by atoms with Crippen molar-refractivity contribution in [2.75, 3.05) is 36.8 Å². The number of nitrogens with zero attached hydrogens (tertiary/aromatic N) is 3. The smallest absolute Gasteiger partial charge is 0.407 e. The number of hydrogen-bond donors (Lipinski definition) is 2. The van der Waals surface area contributed by atoms with Gasteiger partial charge in [0, 0.05) is 32.4 Å². The number of piperazine rings is 1. The molecule has 0 atom stereocenters. The molecule has 1 amide bonds. The number of nitrogen functional groups attached to an aromatic ring is 1. The van der Waals surface area contributed by atoms with Gasteiger partial charge in [0.15, 0.2) is 5.82 Å². The van der Waals surface area contributed by atoms with E-state index in [-0.39, 0.29) is 0 Å². The third-order valence-corrected chi connectivity index (χ3v) is 2.67. The quantitative estimate of drug-likeness (QED) is 0.721. The molecule has 2 heterocycles. The van der Waals surface area contributed by atoms with Gasteiger partial charge < -0.3 is 20.6 Å². The number of carbonyl (C=O) groups is 1. The van der Waals surface area contributed by atoms with Crippen LogP contribution in [0.2, 0.25) is 0 Å². The largest absolute Gasteiger partial charge is 0.465 e. The first-order valence-corrected chi connectivity index (χ1v) is 5.12. The number of hydrogen-bond acceptors (Lipinski definition) is 4. The van der Waals surface area contributed by atoms with Crippen molar-refractivity contribution >= 4 is 17.6 Å². The molecule has 1 aromatic rings. The Hall–Kier alpha value is -1.98. The monoisotopic (exact) mass is 222 g/mol. The summed E-state index contributed by atoms with van der Waals surface area (Å²) >= 11 is 0. The van der Waals surface area contributed by atoms with Crippen LogP contribution in [0.1, 0.15) is 0 Å². The van der Waals surface area contributed by atoms with Crippen LogP contribution in [0.4, 0.5) is 16.3 Å². The highest BCUT2D eigenvalue weighted by Crippen LogP contribution is 2.20. The van der Waals surface area contributed by atoms with Gasteiger partial charge in [-0.05, 0) is 12.1 Å². The molecule has 6 nitrogen and oxygen atoms in total. The molecule has 1 aromatic heterocycles. The van der Waals surface area contributed by atoms with Crippen LogP contribution in [0.3, 0.4) is 0 Å². The molecule has 0 bridgehead atoms. The van der Waals surface area contributed by atoms with Gasteiger partial charge in [0.25, 0.3) is 0 Å². The van der Waals surface area contributed by atoms with Crippen molar-refractivity contribution < 1.29 is 9.90 Å². The van der Waals surface area contributed by atoms with Crippen molar-refractivity contribution in [1.29, 1.82) is 0 Å². The van der Waals surface area contributed by atoms with E-state index in [2.05, 4.69) is 4.98 Å². The molecule has 0 aromatic carbocycles. The first-order chi connectivity index (χ1) is 7.68. The second kappa shape index (κ2) is 4.26. The summed E-state index contributed by atoms with van der Waals surface area (Å²) in [6.45, 7) is 2.25. The molecule has 0 unspecified atom stereocenters. The molecular formula is C10H14N4O2. The molecular weight excluding hydrogens is 208 g/mol. The number of anilines is 2. The molecule has 2 rings (SSSR count). The minimum absolute atomic E-state index is 0.491. The third kappa shape index (κ3) is 2.00. The summed E-state index contributed by atoms with van der Waals surface area (Å²) < 4.78 is 0. The molecule has 1 fully saturated rings. The van der Waals surface area contributed by atoms with Crippen molar-refractivity contribution in [1.82, 2.24) is 9.88 Å². The molecule has 1 saturated heterocycles. The molecule has 3 N–H and O–H groups in total. The number of rotatable bonds is 1. The topological polar surface area (TPSA) is 82.7 Å². The fourth-order valence-corrected chi connectivity index (χ4v) is 1.78. The van der Waals surface area contributed by atoms with Crippen LogP contribution in [0, 0.1) is 0 Å². The van der Waals surface area contributed by atoms with Gasteiger partial charge in [-0.3, -0.25) is 0 Å². The van der Waals surface area contributed by atoms with Crippen molar-refractivity contribution in [3.8, 4) is 0 Å². The van der Waals surface area contributed by atoms with E-state index in [9.17, 15) is 4.79 Å². The second-order valence-electron chi connectivity index (χ2n) is 3.67. The first kappa shape index (κ1) is 10.5. The maximum atomic E-state index is 10.7. The molecule has 0 radical (unpaired) electrons.